The Kier molecular flexibility index (Phi) is 3.61. The zero-order chi connectivity index (χ0) is 13.1. The Morgan fingerprint density at radius 2 is 2.33 bits per heavy atom. The van der Waals surface area contributed by atoms with Gasteiger partial charge in [0.15, 0.2) is 5.76 Å². The molecule has 0 spiro atoms. The van der Waals surface area contributed by atoms with Gasteiger partial charge in [-0.15, -0.1) is 0 Å². The number of halogens is 2. The van der Waals surface area contributed by atoms with Crippen LogP contribution in [0.2, 0.25) is 0 Å². The number of carboxylic acids is 1. The second kappa shape index (κ2) is 5.18. The molecule has 0 saturated carbocycles. The van der Waals surface area contributed by atoms with E-state index >= 15 is 0 Å². The summed E-state index contributed by atoms with van der Waals surface area (Å²) in [7, 11) is 0. The summed E-state index contributed by atoms with van der Waals surface area (Å²) in [4.78, 5) is 10.8. The SMILES string of the molecule is O=C(O)c1cnoc1CNc1ccc(F)cc1Br. The van der Waals surface area contributed by atoms with Crippen molar-refractivity contribution in [3.05, 3.63) is 46.0 Å². The van der Waals surface area contributed by atoms with E-state index in [9.17, 15) is 9.18 Å². The van der Waals surface area contributed by atoms with E-state index in [1.165, 1.54) is 18.2 Å². The van der Waals surface area contributed by atoms with E-state index < -0.39 is 5.97 Å². The van der Waals surface area contributed by atoms with E-state index in [-0.39, 0.29) is 23.7 Å². The highest BCUT2D eigenvalue weighted by Gasteiger charge is 2.14. The van der Waals surface area contributed by atoms with E-state index in [4.69, 9.17) is 9.63 Å². The molecule has 94 valence electrons. The summed E-state index contributed by atoms with van der Waals surface area (Å²) in [5.41, 5.74) is 0.630. The van der Waals surface area contributed by atoms with Crippen LogP contribution in [0.4, 0.5) is 10.1 Å². The molecule has 18 heavy (non-hydrogen) atoms. The average Bonchev–Trinajstić information content (AvgIpc) is 2.76. The van der Waals surface area contributed by atoms with Gasteiger partial charge in [0.2, 0.25) is 0 Å². The molecule has 1 aromatic carbocycles. The molecule has 0 atom stereocenters. The highest BCUT2D eigenvalue weighted by atomic mass is 79.9. The highest BCUT2D eigenvalue weighted by Crippen LogP contribution is 2.24. The molecule has 2 aromatic rings. The maximum Gasteiger partial charge on any atom is 0.341 e. The number of aromatic carboxylic acids is 1. The van der Waals surface area contributed by atoms with Gasteiger partial charge < -0.3 is 14.9 Å². The van der Waals surface area contributed by atoms with E-state index in [1.54, 1.807) is 0 Å². The van der Waals surface area contributed by atoms with Crippen LogP contribution in [0.1, 0.15) is 16.1 Å². The van der Waals surface area contributed by atoms with Gasteiger partial charge in [0.1, 0.15) is 11.4 Å². The van der Waals surface area contributed by atoms with Crippen molar-refractivity contribution in [2.24, 2.45) is 0 Å². The summed E-state index contributed by atoms with van der Waals surface area (Å²) in [6.07, 6.45) is 1.14. The van der Waals surface area contributed by atoms with Crippen molar-refractivity contribution in [3.63, 3.8) is 0 Å². The Labute approximate surface area is 110 Å². The number of carboxylic acid groups (broad SMARTS) is 1. The monoisotopic (exact) mass is 314 g/mol. The lowest BCUT2D eigenvalue weighted by Gasteiger charge is -2.06. The Morgan fingerprint density at radius 3 is 3.00 bits per heavy atom. The van der Waals surface area contributed by atoms with Crippen LogP contribution in [0.3, 0.4) is 0 Å². The minimum absolute atomic E-state index is 0.000680. The second-order valence-electron chi connectivity index (χ2n) is 3.45. The predicted molar refractivity (Wildman–Crippen MR) is 64.9 cm³/mol. The quantitative estimate of drug-likeness (QED) is 0.907. The van der Waals surface area contributed by atoms with E-state index in [2.05, 4.69) is 26.4 Å². The molecule has 0 aliphatic carbocycles. The lowest BCUT2D eigenvalue weighted by Crippen LogP contribution is -2.05. The third kappa shape index (κ3) is 2.67. The van der Waals surface area contributed by atoms with Gasteiger partial charge >= 0.3 is 5.97 Å². The number of hydrogen-bond acceptors (Lipinski definition) is 4. The number of anilines is 1. The van der Waals surface area contributed by atoms with Crippen molar-refractivity contribution in [1.82, 2.24) is 5.16 Å². The van der Waals surface area contributed by atoms with Crippen molar-refractivity contribution in [3.8, 4) is 0 Å². The number of hydrogen-bond donors (Lipinski definition) is 2. The van der Waals surface area contributed by atoms with Crippen LogP contribution in [0.5, 0.6) is 0 Å². The maximum atomic E-state index is 12.9. The van der Waals surface area contributed by atoms with Crippen molar-refractivity contribution >= 4 is 27.6 Å². The number of carbonyl (C=O) groups is 1. The first-order chi connectivity index (χ1) is 8.58. The number of rotatable bonds is 4. The number of benzene rings is 1. The van der Waals surface area contributed by atoms with Crippen molar-refractivity contribution < 1.29 is 18.8 Å². The summed E-state index contributed by atoms with van der Waals surface area (Å²) in [6.45, 7) is 0.145. The Hall–Kier alpha value is -1.89. The van der Waals surface area contributed by atoms with Gasteiger partial charge in [-0.1, -0.05) is 5.16 Å². The molecule has 5 nitrogen and oxygen atoms in total. The standard InChI is InChI=1S/C11H8BrFN2O3/c12-8-3-6(13)1-2-9(8)14-5-10-7(11(16)17)4-15-18-10/h1-4,14H,5H2,(H,16,17). The van der Waals surface area contributed by atoms with Gasteiger partial charge in [0.05, 0.1) is 12.7 Å². The second-order valence-corrected chi connectivity index (χ2v) is 4.30. The summed E-state index contributed by atoms with van der Waals surface area (Å²) in [6, 6.07) is 4.14. The van der Waals surface area contributed by atoms with Crippen LogP contribution in [-0.2, 0) is 6.54 Å². The van der Waals surface area contributed by atoms with Crippen molar-refractivity contribution in [2.45, 2.75) is 6.54 Å². The largest absolute Gasteiger partial charge is 0.478 e. The molecular weight excluding hydrogens is 307 g/mol. The van der Waals surface area contributed by atoms with Crippen molar-refractivity contribution in [1.29, 1.82) is 0 Å². The molecule has 0 saturated heterocycles. The predicted octanol–water partition coefficient (Wildman–Crippen LogP) is 2.89. The normalized spacial score (nSPS) is 10.3. The van der Waals surface area contributed by atoms with Crippen LogP contribution in [0.25, 0.3) is 0 Å². The molecule has 0 aliphatic heterocycles. The van der Waals surface area contributed by atoms with E-state index in [0.717, 1.165) is 6.20 Å². The Balaban J connectivity index is 2.11. The Bertz CT molecular complexity index is 585. The van der Waals surface area contributed by atoms with Gasteiger partial charge in [-0.25, -0.2) is 9.18 Å². The van der Waals surface area contributed by atoms with Gasteiger partial charge in [-0.05, 0) is 34.1 Å². The molecule has 0 unspecified atom stereocenters. The fraction of sp³-hybridized carbons (Fsp3) is 0.0909. The summed E-state index contributed by atoms with van der Waals surface area (Å²) in [5.74, 6) is -1.26. The maximum absolute atomic E-state index is 12.9. The van der Waals surface area contributed by atoms with Gasteiger partial charge in [0, 0.05) is 10.2 Å². The molecule has 1 heterocycles. The van der Waals surface area contributed by atoms with Crippen LogP contribution in [0.15, 0.2) is 33.4 Å². The molecule has 0 bridgehead atoms. The fourth-order valence-corrected chi connectivity index (χ4v) is 1.87. The number of nitrogens with zero attached hydrogens (tertiary/aromatic N) is 1. The average molecular weight is 315 g/mol. The third-order valence-electron chi connectivity index (χ3n) is 2.25. The summed E-state index contributed by atoms with van der Waals surface area (Å²) in [5, 5.41) is 15.2. The zero-order valence-electron chi connectivity index (χ0n) is 8.98. The third-order valence-corrected chi connectivity index (χ3v) is 2.90. The van der Waals surface area contributed by atoms with Gasteiger partial charge in [-0.2, -0.15) is 0 Å². The van der Waals surface area contributed by atoms with Crippen molar-refractivity contribution in [2.75, 3.05) is 5.32 Å². The first-order valence-electron chi connectivity index (χ1n) is 4.93. The van der Waals surface area contributed by atoms with Crippen LogP contribution >= 0.6 is 15.9 Å². The van der Waals surface area contributed by atoms with Crippen LogP contribution < -0.4 is 5.32 Å². The minimum atomic E-state index is -1.11. The molecule has 0 amide bonds. The molecule has 0 aliphatic rings. The molecule has 0 radical (unpaired) electrons. The summed E-state index contributed by atoms with van der Waals surface area (Å²) >= 11 is 3.19. The van der Waals surface area contributed by atoms with Crippen LogP contribution in [0, 0.1) is 5.82 Å². The molecule has 2 rings (SSSR count). The number of aromatic nitrogens is 1. The minimum Gasteiger partial charge on any atom is -0.478 e. The summed E-state index contributed by atoms with van der Waals surface area (Å²) < 4.78 is 18.2. The fourth-order valence-electron chi connectivity index (χ4n) is 1.37. The van der Waals surface area contributed by atoms with Crippen LogP contribution in [-0.4, -0.2) is 16.2 Å². The van der Waals surface area contributed by atoms with E-state index in [1.807, 2.05) is 0 Å². The molecule has 2 N–H and O–H groups in total. The zero-order valence-corrected chi connectivity index (χ0v) is 10.6. The molecule has 0 fully saturated rings. The topological polar surface area (TPSA) is 75.4 Å². The van der Waals surface area contributed by atoms with Gasteiger partial charge in [0.25, 0.3) is 0 Å². The highest BCUT2D eigenvalue weighted by molar-refractivity contribution is 9.10. The Morgan fingerprint density at radius 1 is 1.56 bits per heavy atom. The first-order valence-corrected chi connectivity index (χ1v) is 5.73. The smallest absolute Gasteiger partial charge is 0.341 e. The van der Waals surface area contributed by atoms with E-state index in [0.29, 0.717) is 10.2 Å². The number of nitrogens with one attached hydrogen (secondary N) is 1. The lowest BCUT2D eigenvalue weighted by atomic mass is 10.2. The first kappa shape index (κ1) is 12.6. The van der Waals surface area contributed by atoms with Gasteiger partial charge in [-0.3, -0.25) is 0 Å². The molecular formula is C11H8BrFN2O3. The molecule has 7 heteroatoms. The lowest BCUT2D eigenvalue weighted by molar-refractivity contribution is 0.0694. The molecule has 1 aromatic heterocycles.